The second-order valence-corrected chi connectivity index (χ2v) is 5.79. The summed E-state index contributed by atoms with van der Waals surface area (Å²) >= 11 is 11.3. The molecule has 0 amide bonds. The van der Waals surface area contributed by atoms with Crippen LogP contribution < -0.4 is 10.7 Å². The average Bonchev–Trinajstić information content (AvgIpc) is 2.56. The molecule has 2 rings (SSSR count). The van der Waals surface area contributed by atoms with E-state index in [0.717, 1.165) is 22.5 Å². The SMILES string of the molecule is CC(C=Cc1ccccc1)=NNC(=S)Nc1cccc(Cl)c1C. The summed E-state index contributed by atoms with van der Waals surface area (Å²) in [5.41, 5.74) is 6.58. The monoisotopic (exact) mass is 343 g/mol. The van der Waals surface area contributed by atoms with Gasteiger partial charge in [0.15, 0.2) is 5.11 Å². The summed E-state index contributed by atoms with van der Waals surface area (Å²) in [5, 5.41) is 8.43. The number of nitrogens with one attached hydrogen (secondary N) is 2. The van der Waals surface area contributed by atoms with Gasteiger partial charge in [-0.05, 0) is 55.4 Å². The lowest BCUT2D eigenvalue weighted by Crippen LogP contribution is -2.25. The Morgan fingerprint density at radius 3 is 2.61 bits per heavy atom. The van der Waals surface area contributed by atoms with Crippen LogP contribution in [0.4, 0.5) is 5.69 Å². The van der Waals surface area contributed by atoms with Crippen LogP contribution in [0.1, 0.15) is 18.1 Å². The van der Waals surface area contributed by atoms with Gasteiger partial charge in [-0.3, -0.25) is 5.43 Å². The van der Waals surface area contributed by atoms with E-state index in [9.17, 15) is 0 Å². The van der Waals surface area contributed by atoms with Gasteiger partial charge in [-0.2, -0.15) is 5.10 Å². The smallest absolute Gasteiger partial charge is 0.191 e. The molecule has 0 atom stereocenters. The summed E-state index contributed by atoms with van der Waals surface area (Å²) in [5.74, 6) is 0. The third-order valence-electron chi connectivity index (χ3n) is 3.17. The number of halogens is 1. The Bertz CT molecular complexity index is 739. The van der Waals surface area contributed by atoms with Crippen LogP contribution in [0.2, 0.25) is 5.02 Å². The predicted octanol–water partition coefficient (Wildman–Crippen LogP) is 5.02. The number of benzene rings is 2. The molecule has 0 aromatic heterocycles. The normalized spacial score (nSPS) is 11.5. The molecule has 23 heavy (non-hydrogen) atoms. The van der Waals surface area contributed by atoms with Crippen molar-refractivity contribution >= 4 is 46.4 Å². The highest BCUT2D eigenvalue weighted by molar-refractivity contribution is 7.80. The maximum Gasteiger partial charge on any atom is 0.191 e. The highest BCUT2D eigenvalue weighted by atomic mass is 35.5. The molecule has 0 heterocycles. The molecular weight excluding hydrogens is 326 g/mol. The topological polar surface area (TPSA) is 36.4 Å². The molecule has 0 bridgehead atoms. The molecule has 0 unspecified atom stereocenters. The number of allylic oxidation sites excluding steroid dienone is 1. The van der Waals surface area contributed by atoms with E-state index in [0.29, 0.717) is 10.1 Å². The van der Waals surface area contributed by atoms with E-state index in [1.165, 1.54) is 0 Å². The van der Waals surface area contributed by atoms with Crippen molar-refractivity contribution in [3.63, 3.8) is 0 Å². The van der Waals surface area contributed by atoms with Crippen molar-refractivity contribution in [2.45, 2.75) is 13.8 Å². The van der Waals surface area contributed by atoms with Crippen LogP contribution in [-0.2, 0) is 0 Å². The van der Waals surface area contributed by atoms with Gasteiger partial charge in [0.2, 0.25) is 0 Å². The second-order valence-electron chi connectivity index (χ2n) is 4.98. The molecule has 0 saturated heterocycles. The standard InChI is InChI=1S/C18H18ClN3S/c1-13(11-12-15-7-4-3-5-8-15)21-22-18(23)20-17-10-6-9-16(19)14(17)2/h3-12H,1-2H3,(H2,20,22,23). The summed E-state index contributed by atoms with van der Waals surface area (Å²) in [6, 6.07) is 15.7. The van der Waals surface area contributed by atoms with Gasteiger partial charge < -0.3 is 5.32 Å². The molecule has 0 fully saturated rings. The lowest BCUT2D eigenvalue weighted by molar-refractivity contribution is 1.04. The highest BCUT2D eigenvalue weighted by Gasteiger charge is 2.03. The zero-order chi connectivity index (χ0) is 16.7. The molecular formula is C18H18ClN3S. The van der Waals surface area contributed by atoms with Crippen molar-refractivity contribution in [3.8, 4) is 0 Å². The van der Waals surface area contributed by atoms with Crippen molar-refractivity contribution in [2.24, 2.45) is 5.10 Å². The van der Waals surface area contributed by atoms with Gasteiger partial charge in [-0.15, -0.1) is 0 Å². The Balaban J connectivity index is 1.92. The first-order valence-electron chi connectivity index (χ1n) is 7.16. The van der Waals surface area contributed by atoms with Crippen molar-refractivity contribution in [1.82, 2.24) is 5.43 Å². The van der Waals surface area contributed by atoms with Crippen molar-refractivity contribution in [3.05, 3.63) is 70.8 Å². The van der Waals surface area contributed by atoms with Crippen LogP contribution in [0.3, 0.4) is 0 Å². The fourth-order valence-electron chi connectivity index (χ4n) is 1.85. The number of anilines is 1. The molecule has 0 aliphatic heterocycles. The van der Waals surface area contributed by atoms with Crippen LogP contribution in [0, 0.1) is 6.92 Å². The Hall–Kier alpha value is -2.17. The van der Waals surface area contributed by atoms with Crippen LogP contribution in [-0.4, -0.2) is 10.8 Å². The number of nitrogens with zero attached hydrogens (tertiary/aromatic N) is 1. The van der Waals surface area contributed by atoms with E-state index in [4.69, 9.17) is 23.8 Å². The van der Waals surface area contributed by atoms with Crippen LogP contribution >= 0.6 is 23.8 Å². The summed E-state index contributed by atoms with van der Waals surface area (Å²) in [4.78, 5) is 0. The predicted molar refractivity (Wildman–Crippen MR) is 104 cm³/mol. The van der Waals surface area contributed by atoms with E-state index in [2.05, 4.69) is 15.8 Å². The maximum atomic E-state index is 6.08. The quantitative estimate of drug-likeness (QED) is 0.464. The number of rotatable bonds is 4. The Kier molecular flexibility index (Phi) is 6.32. The summed E-state index contributed by atoms with van der Waals surface area (Å²) in [6.07, 6.45) is 3.92. The number of hydrazone groups is 1. The molecule has 2 aromatic carbocycles. The third kappa shape index (κ3) is 5.51. The first-order valence-corrected chi connectivity index (χ1v) is 7.94. The first kappa shape index (κ1) is 17.2. The molecule has 118 valence electrons. The van der Waals surface area contributed by atoms with E-state index >= 15 is 0 Å². The molecule has 0 aliphatic rings. The van der Waals surface area contributed by atoms with E-state index < -0.39 is 0 Å². The Morgan fingerprint density at radius 1 is 1.13 bits per heavy atom. The average molecular weight is 344 g/mol. The van der Waals surface area contributed by atoms with Gasteiger partial charge in [-0.1, -0.05) is 54.1 Å². The van der Waals surface area contributed by atoms with Crippen molar-refractivity contribution in [1.29, 1.82) is 0 Å². The number of thiocarbonyl (C=S) groups is 1. The van der Waals surface area contributed by atoms with E-state index in [1.54, 1.807) is 0 Å². The minimum Gasteiger partial charge on any atom is -0.331 e. The molecule has 5 heteroatoms. The molecule has 3 nitrogen and oxygen atoms in total. The van der Waals surface area contributed by atoms with E-state index in [-0.39, 0.29) is 0 Å². The Labute approximate surface area is 147 Å². The van der Waals surface area contributed by atoms with Crippen LogP contribution in [0.5, 0.6) is 0 Å². The highest BCUT2D eigenvalue weighted by Crippen LogP contribution is 2.22. The zero-order valence-electron chi connectivity index (χ0n) is 13.0. The zero-order valence-corrected chi connectivity index (χ0v) is 14.6. The minimum absolute atomic E-state index is 0.419. The van der Waals surface area contributed by atoms with Gasteiger partial charge >= 0.3 is 0 Å². The van der Waals surface area contributed by atoms with Crippen LogP contribution in [0.15, 0.2) is 59.7 Å². The molecule has 0 radical (unpaired) electrons. The molecule has 2 N–H and O–H groups in total. The molecule has 0 spiro atoms. The summed E-state index contributed by atoms with van der Waals surface area (Å²) in [6.45, 7) is 3.84. The molecule has 0 saturated carbocycles. The maximum absolute atomic E-state index is 6.08. The fourth-order valence-corrected chi connectivity index (χ4v) is 2.18. The van der Waals surface area contributed by atoms with Gasteiger partial charge in [0, 0.05) is 10.7 Å². The second kappa shape index (κ2) is 8.46. The fraction of sp³-hybridized carbons (Fsp3) is 0.111. The Morgan fingerprint density at radius 2 is 1.87 bits per heavy atom. The first-order chi connectivity index (χ1) is 11.1. The number of hydrogen-bond donors (Lipinski definition) is 2. The lowest BCUT2D eigenvalue weighted by atomic mass is 10.2. The van der Waals surface area contributed by atoms with Crippen molar-refractivity contribution < 1.29 is 0 Å². The third-order valence-corrected chi connectivity index (χ3v) is 3.77. The number of hydrogen-bond acceptors (Lipinski definition) is 2. The lowest BCUT2D eigenvalue weighted by Gasteiger charge is -2.10. The van der Waals surface area contributed by atoms with Crippen LogP contribution in [0.25, 0.3) is 6.08 Å². The summed E-state index contributed by atoms with van der Waals surface area (Å²) < 4.78 is 0. The van der Waals surface area contributed by atoms with Gasteiger partial charge in [0.1, 0.15) is 0 Å². The van der Waals surface area contributed by atoms with E-state index in [1.807, 2.05) is 74.5 Å². The largest absolute Gasteiger partial charge is 0.331 e. The molecule has 2 aromatic rings. The van der Waals surface area contributed by atoms with Crippen molar-refractivity contribution in [2.75, 3.05) is 5.32 Å². The molecule has 0 aliphatic carbocycles. The minimum atomic E-state index is 0.419. The van der Waals surface area contributed by atoms with Gasteiger partial charge in [0.05, 0.1) is 5.71 Å². The van der Waals surface area contributed by atoms with Gasteiger partial charge in [0.25, 0.3) is 0 Å². The van der Waals surface area contributed by atoms with Gasteiger partial charge in [-0.25, -0.2) is 0 Å². The summed E-state index contributed by atoms with van der Waals surface area (Å²) in [7, 11) is 0.